The number of ether oxygens (including phenoxy) is 1. The maximum atomic E-state index is 13.0. The van der Waals surface area contributed by atoms with E-state index in [0.29, 0.717) is 16.3 Å². The second-order valence-corrected chi connectivity index (χ2v) is 6.55. The molecule has 0 saturated heterocycles. The third-order valence-corrected chi connectivity index (χ3v) is 3.95. The quantitative estimate of drug-likeness (QED) is 0.763. The Morgan fingerprint density at radius 1 is 1.04 bits per heavy atom. The fraction of sp³-hybridized carbons (Fsp3) is 0.263. The minimum atomic E-state index is -0.848. The molecule has 0 N–H and O–H groups in total. The van der Waals surface area contributed by atoms with Gasteiger partial charge in [0.05, 0.1) is 12.5 Å². The second-order valence-electron chi connectivity index (χ2n) is 6.11. The summed E-state index contributed by atoms with van der Waals surface area (Å²) in [6.45, 7) is 3.69. The van der Waals surface area contributed by atoms with Gasteiger partial charge in [-0.1, -0.05) is 29.8 Å². The van der Waals surface area contributed by atoms with Crippen LogP contribution < -0.4 is 4.90 Å². The van der Waals surface area contributed by atoms with E-state index in [-0.39, 0.29) is 18.4 Å². The molecule has 0 unspecified atom stereocenters. The summed E-state index contributed by atoms with van der Waals surface area (Å²) >= 11 is 5.94. The maximum Gasteiger partial charge on any atom is 0.313 e. The lowest BCUT2D eigenvalue weighted by Gasteiger charge is -2.31. The Morgan fingerprint density at radius 3 is 2.17 bits per heavy atom. The molecular weight excluding hydrogens is 326 g/mol. The highest BCUT2D eigenvalue weighted by molar-refractivity contribution is 6.30. The largest absolute Gasteiger partial charge is 0.469 e. The van der Waals surface area contributed by atoms with Crippen LogP contribution in [0, 0.1) is 5.41 Å². The van der Waals surface area contributed by atoms with E-state index in [4.69, 9.17) is 16.3 Å². The summed E-state index contributed by atoms with van der Waals surface area (Å²) in [5.41, 5.74) is 0.372. The van der Waals surface area contributed by atoms with Crippen LogP contribution in [0.15, 0.2) is 54.6 Å². The topological polar surface area (TPSA) is 46.6 Å². The molecular formula is C19H20ClNO3. The molecule has 2 aromatic rings. The van der Waals surface area contributed by atoms with Gasteiger partial charge >= 0.3 is 5.97 Å². The average molecular weight is 346 g/mol. The van der Waals surface area contributed by atoms with Crippen LogP contribution in [-0.4, -0.2) is 25.5 Å². The molecule has 0 aliphatic carbocycles. The summed E-state index contributed by atoms with van der Waals surface area (Å²) in [5.74, 6) is -0.558. The SMILES string of the molecule is COC(=O)C(C)(C)CN(C(=O)c1ccccc1)c1ccc(Cl)cc1. The Bertz CT molecular complexity index is 711. The monoisotopic (exact) mass is 345 g/mol. The molecule has 2 rings (SSSR count). The minimum Gasteiger partial charge on any atom is -0.469 e. The van der Waals surface area contributed by atoms with Crippen molar-refractivity contribution in [3.05, 3.63) is 65.2 Å². The number of carbonyl (C=O) groups is 2. The first kappa shape index (κ1) is 18.0. The lowest BCUT2D eigenvalue weighted by molar-refractivity contribution is -0.150. The van der Waals surface area contributed by atoms with Crippen LogP contribution in [0.2, 0.25) is 5.02 Å². The van der Waals surface area contributed by atoms with E-state index < -0.39 is 5.41 Å². The van der Waals surface area contributed by atoms with E-state index in [9.17, 15) is 9.59 Å². The van der Waals surface area contributed by atoms with Gasteiger partial charge in [0.2, 0.25) is 0 Å². The van der Waals surface area contributed by atoms with Gasteiger partial charge in [0.25, 0.3) is 5.91 Å². The first-order valence-electron chi connectivity index (χ1n) is 7.56. The molecule has 0 aliphatic heterocycles. The van der Waals surface area contributed by atoms with Gasteiger partial charge in [-0.05, 0) is 50.2 Å². The lowest BCUT2D eigenvalue weighted by atomic mass is 9.92. The molecule has 1 amide bonds. The van der Waals surface area contributed by atoms with Crippen molar-refractivity contribution in [1.29, 1.82) is 0 Å². The highest BCUT2D eigenvalue weighted by atomic mass is 35.5. The van der Waals surface area contributed by atoms with Gasteiger partial charge in [-0.25, -0.2) is 0 Å². The fourth-order valence-corrected chi connectivity index (χ4v) is 2.50. The average Bonchev–Trinajstić information content (AvgIpc) is 2.60. The number of rotatable bonds is 5. The molecule has 0 aromatic heterocycles. The van der Waals surface area contributed by atoms with Crippen LogP contribution in [0.1, 0.15) is 24.2 Å². The molecule has 0 fully saturated rings. The van der Waals surface area contributed by atoms with E-state index in [1.807, 2.05) is 6.07 Å². The molecule has 0 radical (unpaired) electrons. The fourth-order valence-electron chi connectivity index (χ4n) is 2.37. The van der Waals surface area contributed by atoms with Crippen molar-refractivity contribution in [2.24, 2.45) is 5.41 Å². The van der Waals surface area contributed by atoms with Crippen molar-refractivity contribution in [3.63, 3.8) is 0 Å². The summed E-state index contributed by atoms with van der Waals surface area (Å²) in [7, 11) is 1.34. The van der Waals surface area contributed by atoms with Crippen molar-refractivity contribution in [1.82, 2.24) is 0 Å². The first-order valence-corrected chi connectivity index (χ1v) is 7.94. The van der Waals surface area contributed by atoms with E-state index >= 15 is 0 Å². The van der Waals surface area contributed by atoms with Gasteiger partial charge in [0, 0.05) is 22.8 Å². The number of carbonyl (C=O) groups excluding carboxylic acids is 2. The molecule has 0 aliphatic rings. The third-order valence-electron chi connectivity index (χ3n) is 3.70. The number of anilines is 1. The van der Waals surface area contributed by atoms with Crippen molar-refractivity contribution in [2.75, 3.05) is 18.6 Å². The van der Waals surface area contributed by atoms with Crippen LogP contribution in [-0.2, 0) is 9.53 Å². The van der Waals surface area contributed by atoms with Crippen molar-refractivity contribution in [3.8, 4) is 0 Å². The minimum absolute atomic E-state index is 0.185. The number of halogens is 1. The van der Waals surface area contributed by atoms with E-state index in [1.165, 1.54) is 7.11 Å². The Balaban J connectivity index is 2.40. The molecule has 24 heavy (non-hydrogen) atoms. The zero-order chi connectivity index (χ0) is 17.7. The molecule has 0 atom stereocenters. The van der Waals surface area contributed by atoms with Gasteiger partial charge in [-0.15, -0.1) is 0 Å². The maximum absolute atomic E-state index is 13.0. The normalized spacial score (nSPS) is 11.0. The highest BCUT2D eigenvalue weighted by Crippen LogP contribution is 2.26. The Labute approximate surface area is 147 Å². The van der Waals surface area contributed by atoms with Gasteiger partial charge in [-0.2, -0.15) is 0 Å². The highest BCUT2D eigenvalue weighted by Gasteiger charge is 2.34. The van der Waals surface area contributed by atoms with Crippen molar-refractivity contribution in [2.45, 2.75) is 13.8 Å². The Hall–Kier alpha value is -2.33. The van der Waals surface area contributed by atoms with Gasteiger partial charge in [-0.3, -0.25) is 9.59 Å². The standard InChI is InChI=1S/C19H20ClNO3/c1-19(2,18(23)24-3)13-21(16-11-9-15(20)10-12-16)17(22)14-7-5-4-6-8-14/h4-12H,13H2,1-3H3. The Kier molecular flexibility index (Phi) is 5.62. The number of benzene rings is 2. The zero-order valence-electron chi connectivity index (χ0n) is 14.0. The molecule has 2 aromatic carbocycles. The number of esters is 1. The van der Waals surface area contributed by atoms with Crippen LogP contribution in [0.5, 0.6) is 0 Å². The molecule has 4 nitrogen and oxygen atoms in total. The third kappa shape index (κ3) is 4.15. The molecule has 0 saturated carbocycles. The number of hydrogen-bond donors (Lipinski definition) is 0. The number of nitrogens with zero attached hydrogens (tertiary/aromatic N) is 1. The second kappa shape index (κ2) is 7.49. The van der Waals surface area contributed by atoms with E-state index in [1.54, 1.807) is 67.3 Å². The predicted molar refractivity (Wildman–Crippen MR) is 95.4 cm³/mol. The summed E-state index contributed by atoms with van der Waals surface area (Å²) in [6, 6.07) is 15.9. The molecule has 0 heterocycles. The predicted octanol–water partition coefficient (Wildman–Crippen LogP) is 4.19. The molecule has 5 heteroatoms. The van der Waals surface area contributed by atoms with Gasteiger partial charge in [0.1, 0.15) is 0 Å². The van der Waals surface area contributed by atoms with Gasteiger partial charge < -0.3 is 9.64 Å². The summed E-state index contributed by atoms with van der Waals surface area (Å²) in [5, 5.41) is 0.582. The van der Waals surface area contributed by atoms with Crippen LogP contribution in [0.25, 0.3) is 0 Å². The van der Waals surface area contributed by atoms with Crippen molar-refractivity contribution >= 4 is 29.2 Å². The van der Waals surface area contributed by atoms with Crippen LogP contribution in [0.3, 0.4) is 0 Å². The molecule has 126 valence electrons. The molecule has 0 spiro atoms. The number of amides is 1. The summed E-state index contributed by atoms with van der Waals surface area (Å²) in [6.07, 6.45) is 0. The molecule has 0 bridgehead atoms. The zero-order valence-corrected chi connectivity index (χ0v) is 14.7. The van der Waals surface area contributed by atoms with E-state index in [2.05, 4.69) is 0 Å². The van der Waals surface area contributed by atoms with Crippen molar-refractivity contribution < 1.29 is 14.3 Å². The lowest BCUT2D eigenvalue weighted by Crippen LogP contribution is -2.43. The van der Waals surface area contributed by atoms with Gasteiger partial charge in [0.15, 0.2) is 0 Å². The number of methoxy groups -OCH3 is 1. The smallest absolute Gasteiger partial charge is 0.313 e. The Morgan fingerprint density at radius 2 is 1.62 bits per heavy atom. The number of hydrogen-bond acceptors (Lipinski definition) is 3. The summed E-state index contributed by atoms with van der Waals surface area (Å²) < 4.78 is 4.86. The van der Waals surface area contributed by atoms with Crippen LogP contribution >= 0.6 is 11.6 Å². The summed E-state index contributed by atoms with van der Waals surface area (Å²) in [4.78, 5) is 26.6. The first-order chi connectivity index (χ1) is 11.3. The van der Waals surface area contributed by atoms with Crippen LogP contribution in [0.4, 0.5) is 5.69 Å². The van der Waals surface area contributed by atoms with E-state index in [0.717, 1.165) is 0 Å².